The number of phenols is 1. The first-order chi connectivity index (χ1) is 10.9. The number of phenolic OH excluding ortho intramolecular Hbond substituents is 1. The number of hydrogen-bond donors (Lipinski definition) is 1. The van der Waals surface area contributed by atoms with Crippen LogP contribution in [0.3, 0.4) is 0 Å². The number of hydrogen-bond acceptors (Lipinski definition) is 2. The second-order valence-corrected chi connectivity index (χ2v) is 7.64. The van der Waals surface area contributed by atoms with Crippen molar-refractivity contribution in [3.63, 3.8) is 0 Å². The zero-order chi connectivity index (χ0) is 16.6. The summed E-state index contributed by atoms with van der Waals surface area (Å²) in [7, 11) is 0. The topological polar surface area (TPSA) is 43.8 Å². The van der Waals surface area contributed by atoms with Crippen LogP contribution in [0.5, 0.6) is 5.75 Å². The number of piperidine rings is 1. The molecule has 0 saturated carbocycles. The van der Waals surface area contributed by atoms with E-state index in [0.717, 1.165) is 31.5 Å². The van der Waals surface area contributed by atoms with Crippen LogP contribution >= 0.6 is 0 Å². The number of para-hydroxylation sites is 1. The van der Waals surface area contributed by atoms with Crippen LogP contribution in [0.25, 0.3) is 6.08 Å². The maximum atomic E-state index is 12.9. The molecule has 23 heavy (non-hydrogen) atoms. The van der Waals surface area contributed by atoms with Crippen molar-refractivity contribution in [3.05, 3.63) is 29.8 Å². The largest absolute Gasteiger partial charge is 0.506 e. The second kappa shape index (κ2) is 5.91. The van der Waals surface area contributed by atoms with Crippen LogP contribution in [0.4, 0.5) is 10.5 Å². The molecule has 1 aromatic carbocycles. The Kier molecular flexibility index (Phi) is 4.09. The molecule has 1 saturated heterocycles. The summed E-state index contributed by atoms with van der Waals surface area (Å²) in [5.41, 5.74) is 1.83. The minimum absolute atomic E-state index is 0.00413. The maximum absolute atomic E-state index is 12.9. The number of likely N-dealkylation sites (tertiary alicyclic amines) is 1. The first kappa shape index (κ1) is 15.9. The Morgan fingerprint density at radius 2 is 1.91 bits per heavy atom. The van der Waals surface area contributed by atoms with Crippen molar-refractivity contribution >= 4 is 17.8 Å². The number of aromatic hydroxyl groups is 1. The van der Waals surface area contributed by atoms with E-state index in [-0.39, 0.29) is 11.8 Å². The molecule has 2 amide bonds. The Morgan fingerprint density at radius 1 is 1.22 bits per heavy atom. The molecule has 1 fully saturated rings. The van der Waals surface area contributed by atoms with Gasteiger partial charge in [-0.15, -0.1) is 0 Å². The van der Waals surface area contributed by atoms with E-state index in [1.165, 1.54) is 0 Å². The first-order valence-electron chi connectivity index (χ1n) is 8.43. The van der Waals surface area contributed by atoms with Gasteiger partial charge in [-0.3, -0.25) is 4.90 Å². The zero-order valence-corrected chi connectivity index (χ0v) is 14.2. The van der Waals surface area contributed by atoms with E-state index in [9.17, 15) is 9.90 Å². The number of amides is 2. The second-order valence-electron chi connectivity index (χ2n) is 7.64. The lowest BCUT2D eigenvalue weighted by molar-refractivity contribution is 0.125. The minimum atomic E-state index is 0.00413. The Hall–Kier alpha value is -1.97. The van der Waals surface area contributed by atoms with Crippen molar-refractivity contribution in [1.82, 2.24) is 4.90 Å². The Bertz CT molecular complexity index is 623. The van der Waals surface area contributed by atoms with E-state index in [1.807, 2.05) is 23.1 Å². The molecule has 2 heterocycles. The van der Waals surface area contributed by atoms with Gasteiger partial charge in [-0.1, -0.05) is 45.1 Å². The predicted octanol–water partition coefficient (Wildman–Crippen LogP) is 4.10. The molecule has 0 spiro atoms. The van der Waals surface area contributed by atoms with Crippen LogP contribution in [0.1, 0.15) is 39.2 Å². The zero-order valence-electron chi connectivity index (χ0n) is 14.2. The number of benzene rings is 1. The third-order valence-electron chi connectivity index (χ3n) is 5.12. The fourth-order valence-electron chi connectivity index (χ4n) is 3.63. The highest BCUT2D eigenvalue weighted by Crippen LogP contribution is 2.37. The monoisotopic (exact) mass is 314 g/mol. The summed E-state index contributed by atoms with van der Waals surface area (Å²) < 4.78 is 0. The fourth-order valence-corrected chi connectivity index (χ4v) is 3.63. The van der Waals surface area contributed by atoms with E-state index in [4.69, 9.17) is 0 Å². The van der Waals surface area contributed by atoms with Crippen molar-refractivity contribution in [2.24, 2.45) is 11.3 Å². The van der Waals surface area contributed by atoms with Crippen LogP contribution in [0.2, 0.25) is 0 Å². The number of anilines is 1. The molecule has 1 aromatic rings. The quantitative estimate of drug-likeness (QED) is 0.783. The van der Waals surface area contributed by atoms with E-state index in [0.29, 0.717) is 23.6 Å². The maximum Gasteiger partial charge on any atom is 0.324 e. The van der Waals surface area contributed by atoms with E-state index in [2.05, 4.69) is 20.8 Å². The number of urea groups is 1. The van der Waals surface area contributed by atoms with Crippen molar-refractivity contribution < 1.29 is 9.90 Å². The molecule has 0 aromatic heterocycles. The number of rotatable bonds is 0. The standard InChI is InChI=1S/C19H26N2O2/c1-19(2,3)15-9-12-20(13-10-15)18(23)21-11-5-7-14-6-4-8-16(22)17(14)21/h4-8,15,22H,9-13H2,1-3H3. The fraction of sp³-hybridized carbons (Fsp3) is 0.526. The van der Waals surface area contributed by atoms with E-state index >= 15 is 0 Å². The highest BCUT2D eigenvalue weighted by atomic mass is 16.3. The van der Waals surface area contributed by atoms with Crippen LogP contribution in [-0.4, -0.2) is 35.7 Å². The summed E-state index contributed by atoms with van der Waals surface area (Å²) >= 11 is 0. The minimum Gasteiger partial charge on any atom is -0.506 e. The summed E-state index contributed by atoms with van der Waals surface area (Å²) in [5, 5.41) is 10.2. The van der Waals surface area contributed by atoms with Gasteiger partial charge in [0.1, 0.15) is 5.75 Å². The van der Waals surface area contributed by atoms with Crippen molar-refractivity contribution in [2.75, 3.05) is 24.5 Å². The number of carbonyl (C=O) groups excluding carboxylic acids is 1. The van der Waals surface area contributed by atoms with Gasteiger partial charge in [0.05, 0.1) is 5.69 Å². The molecule has 4 heteroatoms. The normalized spacial score (nSPS) is 18.9. The summed E-state index contributed by atoms with van der Waals surface area (Å²) in [6, 6.07) is 5.38. The molecule has 2 aliphatic rings. The highest BCUT2D eigenvalue weighted by molar-refractivity contribution is 5.97. The molecule has 2 aliphatic heterocycles. The van der Waals surface area contributed by atoms with Gasteiger partial charge < -0.3 is 10.0 Å². The smallest absolute Gasteiger partial charge is 0.324 e. The molecule has 124 valence electrons. The van der Waals surface area contributed by atoms with Gasteiger partial charge in [-0.2, -0.15) is 0 Å². The van der Waals surface area contributed by atoms with Crippen LogP contribution in [0.15, 0.2) is 24.3 Å². The van der Waals surface area contributed by atoms with E-state index in [1.54, 1.807) is 17.0 Å². The number of nitrogens with zero attached hydrogens (tertiary/aromatic N) is 2. The lowest BCUT2D eigenvalue weighted by Crippen LogP contribution is -2.48. The van der Waals surface area contributed by atoms with Crippen molar-refractivity contribution in [1.29, 1.82) is 0 Å². The highest BCUT2D eigenvalue weighted by Gasteiger charge is 2.33. The Morgan fingerprint density at radius 3 is 2.57 bits per heavy atom. The molecule has 0 atom stereocenters. The van der Waals surface area contributed by atoms with Gasteiger partial charge in [0.2, 0.25) is 0 Å². The van der Waals surface area contributed by atoms with E-state index < -0.39 is 0 Å². The Balaban J connectivity index is 1.75. The first-order valence-corrected chi connectivity index (χ1v) is 8.43. The molecular weight excluding hydrogens is 288 g/mol. The van der Waals surface area contributed by atoms with Gasteiger partial charge in [0.15, 0.2) is 0 Å². The summed E-state index contributed by atoms with van der Waals surface area (Å²) in [5.74, 6) is 0.832. The lowest BCUT2D eigenvalue weighted by atomic mass is 9.75. The molecule has 1 N–H and O–H groups in total. The Labute approximate surface area is 138 Å². The summed E-state index contributed by atoms with van der Waals surface area (Å²) in [6.45, 7) is 8.94. The molecule has 3 rings (SSSR count). The molecule has 4 nitrogen and oxygen atoms in total. The number of carbonyl (C=O) groups is 1. The van der Waals surface area contributed by atoms with Gasteiger partial charge in [0, 0.05) is 25.2 Å². The third-order valence-corrected chi connectivity index (χ3v) is 5.12. The van der Waals surface area contributed by atoms with Crippen molar-refractivity contribution in [3.8, 4) is 5.75 Å². The lowest BCUT2D eigenvalue weighted by Gasteiger charge is -2.40. The molecule has 0 bridgehead atoms. The van der Waals surface area contributed by atoms with Gasteiger partial charge >= 0.3 is 6.03 Å². The molecule has 0 aliphatic carbocycles. The van der Waals surface area contributed by atoms with Gasteiger partial charge in [-0.05, 0) is 30.2 Å². The van der Waals surface area contributed by atoms with Crippen molar-refractivity contribution in [2.45, 2.75) is 33.6 Å². The molecular formula is C19H26N2O2. The van der Waals surface area contributed by atoms with Crippen LogP contribution in [0, 0.1) is 11.3 Å². The molecule has 0 unspecified atom stereocenters. The number of fused-ring (bicyclic) bond motifs is 1. The summed E-state index contributed by atoms with van der Waals surface area (Å²) in [6.07, 6.45) is 6.03. The summed E-state index contributed by atoms with van der Waals surface area (Å²) in [4.78, 5) is 16.6. The van der Waals surface area contributed by atoms with Gasteiger partial charge in [-0.25, -0.2) is 4.79 Å². The predicted molar refractivity (Wildman–Crippen MR) is 93.6 cm³/mol. The average Bonchev–Trinajstić information content (AvgIpc) is 2.53. The van der Waals surface area contributed by atoms with Crippen LogP contribution in [-0.2, 0) is 0 Å². The van der Waals surface area contributed by atoms with Crippen LogP contribution < -0.4 is 4.90 Å². The SMILES string of the molecule is CC(C)(C)C1CCN(C(=O)N2CC=Cc3cccc(O)c32)CC1. The third kappa shape index (κ3) is 3.07. The van der Waals surface area contributed by atoms with Gasteiger partial charge in [0.25, 0.3) is 0 Å². The molecule has 0 radical (unpaired) electrons. The average molecular weight is 314 g/mol.